The number of aliphatic imine (C=N–C) groups is 1. The molecule has 176 valence electrons. The Bertz CT molecular complexity index is 1090. The minimum absolute atomic E-state index is 0.118. The Morgan fingerprint density at radius 3 is 2.79 bits per heavy atom. The van der Waals surface area contributed by atoms with Gasteiger partial charge in [-0.05, 0) is 32.9 Å². The van der Waals surface area contributed by atoms with Crippen LogP contribution in [-0.2, 0) is 0 Å². The highest BCUT2D eigenvalue weighted by atomic mass is 35.5. The van der Waals surface area contributed by atoms with Crippen LogP contribution < -0.4 is 10.1 Å². The summed E-state index contributed by atoms with van der Waals surface area (Å²) in [6, 6.07) is 3.87. The molecule has 0 bridgehead atoms. The van der Waals surface area contributed by atoms with Crippen molar-refractivity contribution in [1.29, 1.82) is 5.41 Å². The summed E-state index contributed by atoms with van der Waals surface area (Å²) < 4.78 is 19.9. The van der Waals surface area contributed by atoms with Gasteiger partial charge in [-0.25, -0.2) is 9.38 Å². The number of aliphatic hydroxyl groups is 1. The van der Waals surface area contributed by atoms with Crippen molar-refractivity contribution in [2.45, 2.75) is 33.0 Å². The molecule has 0 saturated carbocycles. The number of benzene rings is 1. The first kappa shape index (κ1) is 23.4. The van der Waals surface area contributed by atoms with Gasteiger partial charge >= 0.3 is 0 Å². The van der Waals surface area contributed by atoms with Crippen LogP contribution in [0, 0.1) is 11.2 Å². The lowest BCUT2D eigenvalue weighted by atomic mass is 10.1. The minimum atomic E-state index is -0.492. The van der Waals surface area contributed by atoms with E-state index >= 15 is 0 Å². The van der Waals surface area contributed by atoms with E-state index in [4.69, 9.17) is 21.7 Å². The van der Waals surface area contributed by atoms with Crippen LogP contribution >= 0.6 is 11.6 Å². The van der Waals surface area contributed by atoms with Crippen LogP contribution in [0.15, 0.2) is 45.3 Å². The number of nitrogens with one attached hydrogen (secondary N) is 2. The first-order chi connectivity index (χ1) is 15.6. The van der Waals surface area contributed by atoms with E-state index in [1.165, 1.54) is 23.1 Å². The van der Waals surface area contributed by atoms with Crippen molar-refractivity contribution in [1.82, 2.24) is 15.1 Å². The fourth-order valence-corrected chi connectivity index (χ4v) is 4.21. The zero-order valence-electron chi connectivity index (χ0n) is 18.8. The van der Waals surface area contributed by atoms with E-state index in [2.05, 4.69) is 10.3 Å². The van der Waals surface area contributed by atoms with Crippen LogP contribution in [0.25, 0.3) is 0 Å². The lowest BCUT2D eigenvalue weighted by Gasteiger charge is -2.39. The second-order valence-electron chi connectivity index (χ2n) is 8.68. The molecule has 3 heterocycles. The Labute approximate surface area is 196 Å². The van der Waals surface area contributed by atoms with E-state index in [0.717, 1.165) is 5.70 Å². The molecule has 3 N–H and O–H groups in total. The molecule has 2 fully saturated rings. The second kappa shape index (κ2) is 9.24. The summed E-state index contributed by atoms with van der Waals surface area (Å²) in [5.41, 5.74) is 2.53. The summed E-state index contributed by atoms with van der Waals surface area (Å²) in [5, 5.41) is 21.5. The Kier molecular flexibility index (Phi) is 6.56. The molecule has 0 aromatic heterocycles. The monoisotopic (exact) mass is 475 g/mol. The highest BCUT2D eigenvalue weighted by Crippen LogP contribution is 2.28. The predicted molar refractivity (Wildman–Crippen MR) is 124 cm³/mol. The molecular weight excluding hydrogens is 449 g/mol. The number of rotatable bonds is 5. The second-order valence-corrected chi connectivity index (χ2v) is 9.05. The molecule has 1 unspecified atom stereocenters. The van der Waals surface area contributed by atoms with Crippen LogP contribution in [0.3, 0.4) is 0 Å². The zero-order valence-corrected chi connectivity index (χ0v) is 19.5. The van der Waals surface area contributed by atoms with E-state index in [0.29, 0.717) is 41.8 Å². The van der Waals surface area contributed by atoms with Gasteiger partial charge < -0.3 is 25.5 Å². The van der Waals surface area contributed by atoms with Gasteiger partial charge in [-0.15, -0.1) is 0 Å². The smallest absolute Gasteiger partial charge is 0.258 e. The Morgan fingerprint density at radius 1 is 1.39 bits per heavy atom. The fraction of sp³-hybridized carbons (Fsp3) is 0.435. The third-order valence-electron chi connectivity index (χ3n) is 5.78. The maximum atomic E-state index is 14.0. The number of carbonyl (C=O) groups is 1. The fourth-order valence-electron chi connectivity index (χ4n) is 4.12. The number of ether oxygens (including phenoxy) is 1. The van der Waals surface area contributed by atoms with Crippen LogP contribution in [0.5, 0.6) is 5.75 Å². The molecule has 0 radical (unpaired) electrons. The maximum Gasteiger partial charge on any atom is 0.258 e. The highest BCUT2D eigenvalue weighted by Gasteiger charge is 2.34. The standard InChI is InChI=1S/C23H27ClFN5O3/c1-12(31)7-29-8-16(9-29)33-20-6-15(25)4-5-17(20)23(32)30-10-18(19(26)11-30)22-27-13(2)21(24)14(3)28-22/h4-6,12,16,26-27,31H,7-11H2,1-3H3/b22-18+,26-19?. The number of β-amino-alcohol motifs (C(OH)–C–C–N with tert-alkyl or cyclic N) is 1. The largest absolute Gasteiger partial charge is 0.487 e. The van der Waals surface area contributed by atoms with E-state index < -0.39 is 11.9 Å². The number of hydrogen-bond donors (Lipinski definition) is 3. The third-order valence-corrected chi connectivity index (χ3v) is 6.34. The number of aliphatic hydroxyl groups excluding tert-OH is 1. The molecule has 1 aromatic rings. The van der Waals surface area contributed by atoms with Gasteiger partial charge in [0.25, 0.3) is 5.91 Å². The summed E-state index contributed by atoms with van der Waals surface area (Å²) in [6.07, 6.45) is -0.622. The first-order valence-electron chi connectivity index (χ1n) is 10.8. The molecule has 0 aliphatic carbocycles. The van der Waals surface area contributed by atoms with Crippen LogP contribution in [0.2, 0.25) is 0 Å². The van der Waals surface area contributed by atoms with Crippen molar-refractivity contribution in [3.05, 3.63) is 51.7 Å². The lowest BCUT2D eigenvalue weighted by molar-refractivity contribution is -0.00484. The van der Waals surface area contributed by atoms with Gasteiger partial charge in [-0.3, -0.25) is 9.69 Å². The van der Waals surface area contributed by atoms with Crippen molar-refractivity contribution < 1.29 is 19.0 Å². The van der Waals surface area contributed by atoms with Gasteiger partial charge in [0.15, 0.2) is 0 Å². The normalized spacial score (nSPS) is 22.8. The van der Waals surface area contributed by atoms with Gasteiger partial charge in [-0.2, -0.15) is 0 Å². The van der Waals surface area contributed by atoms with E-state index in [-0.39, 0.29) is 42.1 Å². The number of carbonyl (C=O) groups excluding carboxylic acids is 1. The van der Waals surface area contributed by atoms with Crippen LogP contribution in [-0.4, -0.2) is 77.2 Å². The molecule has 1 amide bonds. The third kappa shape index (κ3) is 4.95. The van der Waals surface area contributed by atoms with Gasteiger partial charge in [0.1, 0.15) is 23.5 Å². The van der Waals surface area contributed by atoms with Gasteiger partial charge in [0, 0.05) is 37.0 Å². The molecule has 33 heavy (non-hydrogen) atoms. The van der Waals surface area contributed by atoms with Crippen molar-refractivity contribution >= 4 is 28.9 Å². The van der Waals surface area contributed by atoms with Crippen molar-refractivity contribution in [2.24, 2.45) is 4.99 Å². The summed E-state index contributed by atoms with van der Waals surface area (Å²) >= 11 is 6.19. The van der Waals surface area contributed by atoms with E-state index in [1.54, 1.807) is 13.8 Å². The lowest BCUT2D eigenvalue weighted by Crippen LogP contribution is -2.55. The average Bonchev–Trinajstić information content (AvgIpc) is 3.11. The summed E-state index contributed by atoms with van der Waals surface area (Å²) in [5.74, 6) is -0.135. The number of amides is 1. The highest BCUT2D eigenvalue weighted by molar-refractivity contribution is 6.43. The van der Waals surface area contributed by atoms with Crippen molar-refractivity contribution in [3.8, 4) is 5.75 Å². The Hall–Kier alpha value is -2.75. The van der Waals surface area contributed by atoms with Crippen molar-refractivity contribution in [3.63, 3.8) is 0 Å². The summed E-state index contributed by atoms with van der Waals surface area (Å²) in [6.45, 7) is 7.38. The average molecular weight is 476 g/mol. The maximum absolute atomic E-state index is 14.0. The molecule has 8 nitrogen and oxygen atoms in total. The molecule has 1 aromatic carbocycles. The Balaban J connectivity index is 1.50. The number of nitrogens with zero attached hydrogens (tertiary/aromatic N) is 3. The molecule has 3 aliphatic heterocycles. The predicted octanol–water partition coefficient (Wildman–Crippen LogP) is 2.49. The quantitative estimate of drug-likeness (QED) is 0.607. The van der Waals surface area contributed by atoms with E-state index in [9.17, 15) is 14.3 Å². The summed E-state index contributed by atoms with van der Waals surface area (Å²) in [4.78, 5) is 21.3. The summed E-state index contributed by atoms with van der Waals surface area (Å²) in [7, 11) is 0. The molecule has 10 heteroatoms. The SMILES string of the molecule is CC1=N/C(=C2\CN(C(=O)c3ccc(F)cc3OC3CN(CC(C)O)C3)CC2=N)NC(C)=C1Cl. The number of likely N-dealkylation sites (tertiary alicyclic amines) is 2. The molecule has 1 atom stereocenters. The zero-order chi connectivity index (χ0) is 23.9. The number of halogens is 2. The van der Waals surface area contributed by atoms with Gasteiger partial charge in [0.05, 0.1) is 41.2 Å². The van der Waals surface area contributed by atoms with Gasteiger partial charge in [-0.1, -0.05) is 11.6 Å². The van der Waals surface area contributed by atoms with Crippen LogP contribution in [0.4, 0.5) is 4.39 Å². The van der Waals surface area contributed by atoms with Crippen molar-refractivity contribution in [2.75, 3.05) is 32.7 Å². The van der Waals surface area contributed by atoms with E-state index in [1.807, 2.05) is 11.8 Å². The first-order valence-corrected chi connectivity index (χ1v) is 11.2. The molecular formula is C23H27ClFN5O3. The molecule has 2 saturated heterocycles. The molecule has 4 rings (SSSR count). The minimum Gasteiger partial charge on any atom is -0.487 e. The molecule has 0 spiro atoms. The topological polar surface area (TPSA) is 101 Å². The number of hydrogen-bond acceptors (Lipinski definition) is 7. The Morgan fingerprint density at radius 2 is 2.12 bits per heavy atom. The van der Waals surface area contributed by atoms with Crippen LogP contribution in [0.1, 0.15) is 31.1 Å². The number of allylic oxidation sites excluding steroid dienone is 2. The van der Waals surface area contributed by atoms with Gasteiger partial charge in [0.2, 0.25) is 0 Å². The molecule has 3 aliphatic rings.